The van der Waals surface area contributed by atoms with E-state index in [1.807, 2.05) is 31.2 Å². The molecule has 3 aromatic rings. The summed E-state index contributed by atoms with van der Waals surface area (Å²) in [7, 11) is 0. The van der Waals surface area contributed by atoms with Gasteiger partial charge in [0.05, 0.1) is 11.0 Å². The van der Waals surface area contributed by atoms with E-state index in [2.05, 4.69) is 9.88 Å². The summed E-state index contributed by atoms with van der Waals surface area (Å²) in [6.07, 6.45) is 6.45. The quantitative estimate of drug-likeness (QED) is 0.593. The summed E-state index contributed by atoms with van der Waals surface area (Å²) in [5.41, 5.74) is 9.90. The summed E-state index contributed by atoms with van der Waals surface area (Å²) in [6, 6.07) is 8.01. The molecule has 0 atom stereocenters. The molecule has 0 spiro atoms. The highest BCUT2D eigenvalue weighted by molar-refractivity contribution is 6.10. The van der Waals surface area contributed by atoms with Crippen LogP contribution in [0.25, 0.3) is 22.2 Å². The molecular formula is C22H29N5O2. The fourth-order valence-electron chi connectivity index (χ4n) is 4.22. The monoisotopic (exact) mass is 395 g/mol. The van der Waals surface area contributed by atoms with E-state index in [9.17, 15) is 4.79 Å². The van der Waals surface area contributed by atoms with Crippen LogP contribution in [0.3, 0.4) is 0 Å². The van der Waals surface area contributed by atoms with E-state index in [1.54, 1.807) is 0 Å². The number of nitrogens with zero attached hydrogens (tertiary/aromatic N) is 3. The van der Waals surface area contributed by atoms with Crippen LogP contribution in [0.15, 0.2) is 24.3 Å². The van der Waals surface area contributed by atoms with Gasteiger partial charge >= 0.3 is 0 Å². The maximum Gasteiger partial charge on any atom is 0.257 e. The molecule has 1 fully saturated rings. The molecule has 1 saturated carbocycles. The smallest absolute Gasteiger partial charge is 0.257 e. The lowest BCUT2D eigenvalue weighted by Gasteiger charge is -2.25. The van der Waals surface area contributed by atoms with E-state index in [1.165, 1.54) is 19.3 Å². The lowest BCUT2D eigenvalue weighted by Crippen LogP contribution is -2.26. The number of rotatable bonds is 7. The molecule has 0 radical (unpaired) electrons. The Kier molecular flexibility index (Phi) is 5.94. The van der Waals surface area contributed by atoms with Gasteiger partial charge in [-0.15, -0.1) is 0 Å². The number of carbonyl (C=O) groups is 1. The van der Waals surface area contributed by atoms with Gasteiger partial charge in [-0.2, -0.15) is 0 Å². The minimum atomic E-state index is -0.192. The van der Waals surface area contributed by atoms with E-state index in [0.29, 0.717) is 42.3 Å². The number of anilines is 1. The van der Waals surface area contributed by atoms with Gasteiger partial charge in [0.25, 0.3) is 5.91 Å². The largest absolute Gasteiger partial charge is 0.384 e. The van der Waals surface area contributed by atoms with Crippen molar-refractivity contribution in [1.29, 1.82) is 0 Å². The fourth-order valence-corrected chi connectivity index (χ4v) is 4.22. The fraction of sp³-hybridized carbons (Fsp3) is 0.500. The molecule has 29 heavy (non-hydrogen) atoms. The highest BCUT2D eigenvalue weighted by Gasteiger charge is 2.28. The third-order valence-electron chi connectivity index (χ3n) is 5.65. The van der Waals surface area contributed by atoms with Gasteiger partial charge < -0.3 is 20.4 Å². The van der Waals surface area contributed by atoms with Crippen molar-refractivity contribution < 1.29 is 9.53 Å². The standard InChI is InChI=1S/C22H29N5O2/c1-2-29-14-8-13-24-22(28)18-19-21(26-17-12-7-6-11-16(17)25-19)27(20(18)23)15-9-4-3-5-10-15/h6-7,11-12,15H,2-5,8-10,13-14,23H2,1H3,(H,24,28). The highest BCUT2D eigenvalue weighted by Crippen LogP contribution is 2.36. The van der Waals surface area contributed by atoms with Crippen LogP contribution in [-0.4, -0.2) is 40.2 Å². The molecule has 3 N–H and O–H groups in total. The Hall–Kier alpha value is -2.67. The Bertz CT molecular complexity index is 1010. The number of nitrogen functional groups attached to an aromatic ring is 1. The molecule has 1 aromatic carbocycles. The van der Waals surface area contributed by atoms with E-state index in [4.69, 9.17) is 20.4 Å². The van der Waals surface area contributed by atoms with Crippen LogP contribution in [0.1, 0.15) is 61.8 Å². The molecule has 1 aliphatic rings. The minimum absolute atomic E-state index is 0.192. The second-order valence-corrected chi connectivity index (χ2v) is 7.61. The first-order valence-electron chi connectivity index (χ1n) is 10.6. The molecule has 0 bridgehead atoms. The molecule has 7 nitrogen and oxygen atoms in total. The number of fused-ring (bicyclic) bond motifs is 2. The Morgan fingerprint density at radius 1 is 1.21 bits per heavy atom. The van der Waals surface area contributed by atoms with Gasteiger partial charge in [-0.1, -0.05) is 31.4 Å². The predicted molar refractivity (Wildman–Crippen MR) is 115 cm³/mol. The van der Waals surface area contributed by atoms with Crippen LogP contribution >= 0.6 is 0 Å². The summed E-state index contributed by atoms with van der Waals surface area (Å²) < 4.78 is 7.40. The Morgan fingerprint density at radius 3 is 2.66 bits per heavy atom. The van der Waals surface area contributed by atoms with Gasteiger partial charge in [-0.3, -0.25) is 4.79 Å². The zero-order chi connectivity index (χ0) is 20.2. The maximum absolute atomic E-state index is 13.0. The van der Waals surface area contributed by atoms with Crippen molar-refractivity contribution in [2.24, 2.45) is 0 Å². The third-order valence-corrected chi connectivity index (χ3v) is 5.65. The van der Waals surface area contributed by atoms with Crippen molar-refractivity contribution in [3.05, 3.63) is 29.8 Å². The SMILES string of the molecule is CCOCCCNC(=O)c1c(N)n(C2CCCCC2)c2nc3ccccc3nc12. The number of hydrogen-bond acceptors (Lipinski definition) is 5. The second-order valence-electron chi connectivity index (χ2n) is 7.61. The highest BCUT2D eigenvalue weighted by atomic mass is 16.5. The van der Waals surface area contributed by atoms with Gasteiger partial charge in [0, 0.05) is 25.8 Å². The molecule has 1 aliphatic carbocycles. The number of amides is 1. The van der Waals surface area contributed by atoms with Gasteiger partial charge in [-0.05, 0) is 38.3 Å². The number of aromatic nitrogens is 3. The molecule has 0 unspecified atom stereocenters. The summed E-state index contributed by atoms with van der Waals surface area (Å²) in [6.45, 7) is 3.80. The van der Waals surface area contributed by atoms with Crippen LogP contribution in [0.5, 0.6) is 0 Å². The molecule has 0 aliphatic heterocycles. The molecule has 2 aromatic heterocycles. The van der Waals surface area contributed by atoms with E-state index < -0.39 is 0 Å². The molecular weight excluding hydrogens is 366 g/mol. The average Bonchev–Trinajstić information content (AvgIpc) is 3.03. The third kappa shape index (κ3) is 3.92. The first-order valence-corrected chi connectivity index (χ1v) is 10.6. The van der Waals surface area contributed by atoms with Crippen molar-refractivity contribution in [3.8, 4) is 0 Å². The second kappa shape index (κ2) is 8.78. The summed E-state index contributed by atoms with van der Waals surface area (Å²) in [4.78, 5) is 22.7. The van der Waals surface area contributed by atoms with Crippen LogP contribution in [0.4, 0.5) is 5.82 Å². The maximum atomic E-state index is 13.0. The Balaban J connectivity index is 1.75. The number of nitrogens with two attached hydrogens (primary N) is 1. The lowest BCUT2D eigenvalue weighted by molar-refractivity contribution is 0.0946. The number of hydrogen-bond donors (Lipinski definition) is 2. The molecule has 0 saturated heterocycles. The number of carbonyl (C=O) groups excluding carboxylic acids is 1. The van der Waals surface area contributed by atoms with Gasteiger partial charge in [0.15, 0.2) is 5.65 Å². The minimum Gasteiger partial charge on any atom is -0.384 e. The van der Waals surface area contributed by atoms with Gasteiger partial charge in [0.1, 0.15) is 16.9 Å². The van der Waals surface area contributed by atoms with Crippen LogP contribution in [0.2, 0.25) is 0 Å². The summed E-state index contributed by atoms with van der Waals surface area (Å²) in [5.74, 6) is 0.285. The van der Waals surface area contributed by atoms with Crippen LogP contribution < -0.4 is 11.1 Å². The van der Waals surface area contributed by atoms with E-state index >= 15 is 0 Å². The van der Waals surface area contributed by atoms with Gasteiger partial charge in [0.2, 0.25) is 0 Å². The van der Waals surface area contributed by atoms with Gasteiger partial charge in [-0.25, -0.2) is 9.97 Å². The molecule has 2 heterocycles. The number of benzene rings is 1. The van der Waals surface area contributed by atoms with Crippen molar-refractivity contribution >= 4 is 33.9 Å². The topological polar surface area (TPSA) is 95.1 Å². The molecule has 4 rings (SSSR count). The normalized spacial score (nSPS) is 15.2. The number of ether oxygens (including phenoxy) is 1. The van der Waals surface area contributed by atoms with Crippen molar-refractivity contribution in [2.45, 2.75) is 51.5 Å². The van der Waals surface area contributed by atoms with Crippen LogP contribution in [0, 0.1) is 0 Å². The first-order chi connectivity index (χ1) is 14.2. The number of para-hydroxylation sites is 2. The Morgan fingerprint density at radius 2 is 1.93 bits per heavy atom. The lowest BCUT2D eigenvalue weighted by atomic mass is 9.95. The van der Waals surface area contributed by atoms with Crippen molar-refractivity contribution in [2.75, 3.05) is 25.5 Å². The predicted octanol–water partition coefficient (Wildman–Crippen LogP) is 3.83. The molecule has 7 heteroatoms. The van der Waals surface area contributed by atoms with E-state index in [0.717, 1.165) is 30.3 Å². The van der Waals surface area contributed by atoms with E-state index in [-0.39, 0.29) is 11.9 Å². The summed E-state index contributed by atoms with van der Waals surface area (Å²) in [5, 5.41) is 2.98. The zero-order valence-corrected chi connectivity index (χ0v) is 17.0. The van der Waals surface area contributed by atoms with Crippen LogP contribution in [-0.2, 0) is 4.74 Å². The molecule has 1 amide bonds. The zero-order valence-electron chi connectivity index (χ0n) is 17.0. The van der Waals surface area contributed by atoms with Crippen molar-refractivity contribution in [1.82, 2.24) is 19.9 Å². The van der Waals surface area contributed by atoms with Crippen molar-refractivity contribution in [3.63, 3.8) is 0 Å². The Labute approximate surface area is 170 Å². The summed E-state index contributed by atoms with van der Waals surface area (Å²) >= 11 is 0. The number of nitrogens with one attached hydrogen (secondary N) is 1. The first kappa shape index (κ1) is 19.6. The molecule has 154 valence electrons. The average molecular weight is 396 g/mol.